The van der Waals surface area contributed by atoms with Gasteiger partial charge in [-0.3, -0.25) is 4.79 Å². The minimum atomic E-state index is -0.190. The smallest absolute Gasteiger partial charge is 0.251 e. The maximum atomic E-state index is 12.2. The van der Waals surface area contributed by atoms with E-state index in [1.165, 1.54) is 11.3 Å². The third kappa shape index (κ3) is 2.93. The van der Waals surface area contributed by atoms with Gasteiger partial charge >= 0.3 is 0 Å². The molecule has 1 aromatic heterocycles. The van der Waals surface area contributed by atoms with E-state index in [0.717, 1.165) is 15.6 Å². The number of hydrogen-bond acceptors (Lipinski definition) is 6. The summed E-state index contributed by atoms with van der Waals surface area (Å²) in [6.45, 7) is 0.519. The van der Waals surface area contributed by atoms with Crippen LogP contribution in [0.25, 0.3) is 10.6 Å². The van der Waals surface area contributed by atoms with Crippen molar-refractivity contribution in [3.8, 4) is 22.1 Å². The van der Waals surface area contributed by atoms with Crippen LogP contribution in [0.5, 0.6) is 11.5 Å². The van der Waals surface area contributed by atoms with E-state index in [9.17, 15) is 4.79 Å². The molecule has 0 fully saturated rings. The first kappa shape index (κ1) is 14.6. The molecule has 1 aliphatic heterocycles. The summed E-state index contributed by atoms with van der Waals surface area (Å²) in [5.41, 5.74) is 1.54. The number of carbonyl (C=O) groups is 1. The molecular formula is C17H13N3O3S. The standard InChI is InChI=1S/C17H13N3O3S/c21-16(12-6-7-13-14(8-12)23-10-22-13)18-9-15-19-20-17(24-15)11-4-2-1-3-5-11/h1-8H,9-10H2,(H,18,21). The van der Waals surface area contributed by atoms with Crippen LogP contribution in [0.4, 0.5) is 0 Å². The third-order valence-corrected chi connectivity index (χ3v) is 4.49. The second-order valence-corrected chi connectivity index (χ2v) is 6.18. The van der Waals surface area contributed by atoms with E-state index in [4.69, 9.17) is 9.47 Å². The topological polar surface area (TPSA) is 73.3 Å². The zero-order valence-corrected chi connectivity index (χ0v) is 13.4. The van der Waals surface area contributed by atoms with Gasteiger partial charge in [-0.2, -0.15) is 0 Å². The van der Waals surface area contributed by atoms with Crippen molar-refractivity contribution < 1.29 is 14.3 Å². The number of rotatable bonds is 4. The summed E-state index contributed by atoms with van der Waals surface area (Å²) in [5.74, 6) is 1.05. The highest BCUT2D eigenvalue weighted by Crippen LogP contribution is 2.32. The lowest BCUT2D eigenvalue weighted by molar-refractivity contribution is 0.0950. The Morgan fingerprint density at radius 1 is 1.08 bits per heavy atom. The summed E-state index contributed by atoms with van der Waals surface area (Å²) >= 11 is 1.46. The molecule has 2 aromatic carbocycles. The van der Waals surface area contributed by atoms with Gasteiger partial charge in [0.25, 0.3) is 5.91 Å². The molecule has 1 amide bonds. The Labute approximate surface area is 142 Å². The van der Waals surface area contributed by atoms with Crippen molar-refractivity contribution in [3.63, 3.8) is 0 Å². The molecule has 0 unspecified atom stereocenters. The highest BCUT2D eigenvalue weighted by Gasteiger charge is 2.16. The van der Waals surface area contributed by atoms with Gasteiger partial charge in [-0.25, -0.2) is 0 Å². The SMILES string of the molecule is O=C(NCc1nnc(-c2ccccc2)s1)c1ccc2c(c1)OCO2. The van der Waals surface area contributed by atoms with Crippen molar-refractivity contribution in [1.29, 1.82) is 0 Å². The molecule has 1 aliphatic rings. The van der Waals surface area contributed by atoms with Crippen LogP contribution >= 0.6 is 11.3 Å². The summed E-state index contributed by atoms with van der Waals surface area (Å²) in [4.78, 5) is 12.2. The van der Waals surface area contributed by atoms with Crippen LogP contribution in [0.1, 0.15) is 15.4 Å². The third-order valence-electron chi connectivity index (χ3n) is 3.52. The Hall–Kier alpha value is -2.93. The molecule has 7 heteroatoms. The highest BCUT2D eigenvalue weighted by molar-refractivity contribution is 7.14. The molecule has 0 saturated carbocycles. The molecular weight excluding hydrogens is 326 g/mol. The molecule has 0 bridgehead atoms. The maximum Gasteiger partial charge on any atom is 0.251 e. The molecule has 0 atom stereocenters. The fraction of sp³-hybridized carbons (Fsp3) is 0.118. The fourth-order valence-electron chi connectivity index (χ4n) is 2.32. The number of fused-ring (bicyclic) bond motifs is 1. The Morgan fingerprint density at radius 3 is 2.79 bits per heavy atom. The van der Waals surface area contributed by atoms with Crippen molar-refractivity contribution in [1.82, 2.24) is 15.5 Å². The molecule has 3 aromatic rings. The second-order valence-electron chi connectivity index (χ2n) is 5.12. The first-order valence-corrected chi connectivity index (χ1v) is 8.17. The van der Waals surface area contributed by atoms with Gasteiger partial charge < -0.3 is 14.8 Å². The van der Waals surface area contributed by atoms with Gasteiger partial charge in [0.1, 0.15) is 10.0 Å². The molecule has 2 heterocycles. The lowest BCUT2D eigenvalue weighted by Gasteiger charge is -2.04. The number of amides is 1. The van der Waals surface area contributed by atoms with Gasteiger partial charge in [-0.05, 0) is 18.2 Å². The first-order valence-electron chi connectivity index (χ1n) is 7.35. The van der Waals surface area contributed by atoms with Crippen molar-refractivity contribution in [2.75, 3.05) is 6.79 Å². The molecule has 0 aliphatic carbocycles. The van der Waals surface area contributed by atoms with Crippen LogP contribution in [-0.4, -0.2) is 22.9 Å². The molecule has 24 heavy (non-hydrogen) atoms. The molecule has 1 N–H and O–H groups in total. The van der Waals surface area contributed by atoms with E-state index in [1.54, 1.807) is 18.2 Å². The predicted molar refractivity (Wildman–Crippen MR) is 89.1 cm³/mol. The number of nitrogens with one attached hydrogen (secondary N) is 1. The Morgan fingerprint density at radius 2 is 1.92 bits per heavy atom. The fourth-order valence-corrected chi connectivity index (χ4v) is 3.10. The van der Waals surface area contributed by atoms with E-state index >= 15 is 0 Å². The van der Waals surface area contributed by atoms with E-state index in [-0.39, 0.29) is 12.7 Å². The Balaban J connectivity index is 1.42. The van der Waals surface area contributed by atoms with E-state index in [2.05, 4.69) is 15.5 Å². The molecule has 4 rings (SSSR count). The Kier molecular flexibility index (Phi) is 3.84. The summed E-state index contributed by atoms with van der Waals surface area (Å²) < 4.78 is 10.5. The van der Waals surface area contributed by atoms with Crippen molar-refractivity contribution in [2.45, 2.75) is 6.54 Å². The van der Waals surface area contributed by atoms with Crippen LogP contribution in [0.3, 0.4) is 0 Å². The van der Waals surface area contributed by atoms with Crippen LogP contribution in [0.2, 0.25) is 0 Å². The van der Waals surface area contributed by atoms with Gasteiger partial charge in [-0.15, -0.1) is 10.2 Å². The molecule has 0 radical (unpaired) electrons. The van der Waals surface area contributed by atoms with Gasteiger partial charge in [0, 0.05) is 11.1 Å². The summed E-state index contributed by atoms with van der Waals surface area (Å²) in [5, 5.41) is 12.7. The highest BCUT2D eigenvalue weighted by atomic mass is 32.1. The number of ether oxygens (including phenoxy) is 2. The van der Waals surface area contributed by atoms with Crippen molar-refractivity contribution >= 4 is 17.2 Å². The van der Waals surface area contributed by atoms with Crippen LogP contribution in [0, 0.1) is 0 Å². The largest absolute Gasteiger partial charge is 0.454 e. The molecule has 0 saturated heterocycles. The van der Waals surface area contributed by atoms with Crippen molar-refractivity contribution in [3.05, 3.63) is 59.1 Å². The van der Waals surface area contributed by atoms with Gasteiger partial charge in [0.05, 0.1) is 6.54 Å². The molecule has 120 valence electrons. The normalized spacial score (nSPS) is 12.2. The first-order chi connectivity index (χ1) is 11.8. The number of nitrogens with zero attached hydrogens (tertiary/aromatic N) is 2. The average Bonchev–Trinajstić information content (AvgIpc) is 3.29. The number of hydrogen-bond donors (Lipinski definition) is 1. The minimum Gasteiger partial charge on any atom is -0.454 e. The summed E-state index contributed by atoms with van der Waals surface area (Å²) in [6, 6.07) is 14.9. The summed E-state index contributed by atoms with van der Waals surface area (Å²) in [6.07, 6.45) is 0. The van der Waals surface area contributed by atoms with Gasteiger partial charge in [0.15, 0.2) is 11.5 Å². The lowest BCUT2D eigenvalue weighted by Crippen LogP contribution is -2.22. The quantitative estimate of drug-likeness (QED) is 0.791. The van der Waals surface area contributed by atoms with Gasteiger partial charge in [-0.1, -0.05) is 41.7 Å². The minimum absolute atomic E-state index is 0.188. The predicted octanol–water partition coefficient (Wildman–Crippen LogP) is 2.86. The van der Waals surface area contributed by atoms with E-state index in [0.29, 0.717) is 23.6 Å². The number of aromatic nitrogens is 2. The van der Waals surface area contributed by atoms with Crippen molar-refractivity contribution in [2.24, 2.45) is 0 Å². The zero-order valence-electron chi connectivity index (χ0n) is 12.6. The van der Waals surface area contributed by atoms with Crippen LogP contribution < -0.4 is 14.8 Å². The second kappa shape index (κ2) is 6.29. The Bertz CT molecular complexity index is 880. The molecule has 6 nitrogen and oxygen atoms in total. The van der Waals surface area contributed by atoms with Crippen LogP contribution in [0.15, 0.2) is 48.5 Å². The molecule has 0 spiro atoms. The number of benzene rings is 2. The van der Waals surface area contributed by atoms with E-state index < -0.39 is 0 Å². The van der Waals surface area contributed by atoms with Crippen LogP contribution in [-0.2, 0) is 6.54 Å². The summed E-state index contributed by atoms with van der Waals surface area (Å²) in [7, 11) is 0. The van der Waals surface area contributed by atoms with E-state index in [1.807, 2.05) is 30.3 Å². The average molecular weight is 339 g/mol. The maximum absolute atomic E-state index is 12.2. The lowest BCUT2D eigenvalue weighted by atomic mass is 10.2. The number of carbonyl (C=O) groups excluding carboxylic acids is 1. The van der Waals surface area contributed by atoms with Gasteiger partial charge in [0.2, 0.25) is 6.79 Å². The monoisotopic (exact) mass is 339 g/mol. The zero-order chi connectivity index (χ0) is 16.4.